The maximum Gasteiger partial charge on any atom is 0.278 e. The fourth-order valence-corrected chi connectivity index (χ4v) is 3.06. The van der Waals surface area contributed by atoms with Gasteiger partial charge in [-0.15, -0.1) is 0 Å². The van der Waals surface area contributed by atoms with E-state index in [0.29, 0.717) is 41.3 Å². The first kappa shape index (κ1) is 18.5. The smallest absolute Gasteiger partial charge is 0.278 e. The number of nitrogens with zero attached hydrogens (tertiary/aromatic N) is 1. The summed E-state index contributed by atoms with van der Waals surface area (Å²) in [6.07, 6.45) is 0.684. The molecule has 27 heavy (non-hydrogen) atoms. The Morgan fingerprint density at radius 1 is 0.963 bits per heavy atom. The van der Waals surface area contributed by atoms with E-state index in [1.54, 1.807) is 32.4 Å². The van der Waals surface area contributed by atoms with Crippen LogP contribution in [0.15, 0.2) is 54.2 Å². The second-order valence-electron chi connectivity index (χ2n) is 6.07. The van der Waals surface area contributed by atoms with E-state index in [1.165, 1.54) is 4.90 Å². The lowest BCUT2D eigenvalue weighted by Gasteiger charge is -2.14. The number of para-hydroxylation sites is 1. The van der Waals surface area contributed by atoms with Crippen molar-refractivity contribution >= 4 is 23.1 Å². The topological polar surface area (TPSA) is 67.9 Å². The highest BCUT2D eigenvalue weighted by Gasteiger charge is 2.39. The van der Waals surface area contributed by atoms with E-state index >= 15 is 0 Å². The Bertz CT molecular complexity index is 905. The van der Waals surface area contributed by atoms with Gasteiger partial charge in [0.15, 0.2) is 0 Å². The van der Waals surface area contributed by atoms with Crippen molar-refractivity contribution in [2.45, 2.75) is 13.3 Å². The Morgan fingerprint density at radius 3 is 2.44 bits per heavy atom. The van der Waals surface area contributed by atoms with Gasteiger partial charge in [-0.05, 0) is 24.6 Å². The molecule has 2 aromatic rings. The normalized spacial score (nSPS) is 14.0. The highest BCUT2D eigenvalue weighted by atomic mass is 16.5. The predicted molar refractivity (Wildman–Crippen MR) is 104 cm³/mol. The van der Waals surface area contributed by atoms with Gasteiger partial charge in [0.1, 0.15) is 17.2 Å². The monoisotopic (exact) mass is 366 g/mol. The summed E-state index contributed by atoms with van der Waals surface area (Å²) in [6.45, 7) is 2.29. The first-order valence-electron chi connectivity index (χ1n) is 8.75. The van der Waals surface area contributed by atoms with Crippen LogP contribution in [0.5, 0.6) is 11.5 Å². The number of imide groups is 1. The molecule has 0 aliphatic carbocycles. The first-order chi connectivity index (χ1) is 13.1. The minimum Gasteiger partial charge on any atom is -0.497 e. The van der Waals surface area contributed by atoms with Gasteiger partial charge < -0.3 is 14.8 Å². The van der Waals surface area contributed by atoms with E-state index in [9.17, 15) is 9.59 Å². The molecule has 0 unspecified atom stereocenters. The number of benzene rings is 2. The summed E-state index contributed by atoms with van der Waals surface area (Å²) in [5, 5.41) is 3.12. The Kier molecular flexibility index (Phi) is 5.45. The zero-order valence-electron chi connectivity index (χ0n) is 15.6. The quantitative estimate of drug-likeness (QED) is 0.762. The molecule has 140 valence electrons. The van der Waals surface area contributed by atoms with Crippen molar-refractivity contribution in [1.82, 2.24) is 4.90 Å². The SMILES string of the molecule is CCCN1C(=O)C(Nc2cccc(OC)c2)=C(c2ccccc2OC)C1=O. The zero-order chi connectivity index (χ0) is 19.4. The molecule has 0 bridgehead atoms. The van der Waals surface area contributed by atoms with Crippen LogP contribution in [0.2, 0.25) is 0 Å². The fourth-order valence-electron chi connectivity index (χ4n) is 3.06. The zero-order valence-corrected chi connectivity index (χ0v) is 15.6. The number of nitrogens with one attached hydrogen (secondary N) is 1. The number of hydrogen-bond donors (Lipinski definition) is 1. The van der Waals surface area contributed by atoms with Gasteiger partial charge in [0.2, 0.25) is 0 Å². The largest absolute Gasteiger partial charge is 0.497 e. The Balaban J connectivity index is 2.11. The summed E-state index contributed by atoms with van der Waals surface area (Å²) in [5.41, 5.74) is 1.80. The molecule has 0 aromatic heterocycles. The molecule has 6 heteroatoms. The molecule has 0 saturated carbocycles. The van der Waals surface area contributed by atoms with Gasteiger partial charge in [-0.1, -0.05) is 31.2 Å². The van der Waals surface area contributed by atoms with Gasteiger partial charge in [0.25, 0.3) is 11.8 Å². The summed E-state index contributed by atoms with van der Waals surface area (Å²) >= 11 is 0. The van der Waals surface area contributed by atoms with Crippen LogP contribution in [-0.2, 0) is 9.59 Å². The average molecular weight is 366 g/mol. The van der Waals surface area contributed by atoms with Crippen molar-refractivity contribution < 1.29 is 19.1 Å². The standard InChI is InChI=1S/C21H22N2O4/c1-4-12-23-20(24)18(16-10-5-6-11-17(16)27-3)19(21(23)25)22-14-8-7-9-15(13-14)26-2/h5-11,13,22H,4,12H2,1-3H3. The minimum atomic E-state index is -0.342. The lowest BCUT2D eigenvalue weighted by atomic mass is 10.0. The molecule has 0 fully saturated rings. The molecule has 3 rings (SSSR count). The van der Waals surface area contributed by atoms with E-state index in [4.69, 9.17) is 9.47 Å². The van der Waals surface area contributed by atoms with Crippen LogP contribution in [0.25, 0.3) is 5.57 Å². The second kappa shape index (κ2) is 7.95. The third-order valence-corrected chi connectivity index (χ3v) is 4.33. The molecule has 6 nitrogen and oxygen atoms in total. The number of rotatable bonds is 7. The molecular weight excluding hydrogens is 344 g/mol. The van der Waals surface area contributed by atoms with Crippen LogP contribution in [0, 0.1) is 0 Å². The van der Waals surface area contributed by atoms with E-state index in [1.807, 2.05) is 37.3 Å². The average Bonchev–Trinajstić information content (AvgIpc) is 2.92. The van der Waals surface area contributed by atoms with Gasteiger partial charge in [-0.25, -0.2) is 0 Å². The fraction of sp³-hybridized carbons (Fsp3) is 0.238. The number of carbonyl (C=O) groups is 2. The van der Waals surface area contributed by atoms with Crippen LogP contribution in [0.1, 0.15) is 18.9 Å². The highest BCUT2D eigenvalue weighted by Crippen LogP contribution is 2.35. The van der Waals surface area contributed by atoms with Crippen molar-refractivity contribution in [3.63, 3.8) is 0 Å². The minimum absolute atomic E-state index is 0.242. The van der Waals surface area contributed by atoms with Gasteiger partial charge in [-0.2, -0.15) is 0 Å². The van der Waals surface area contributed by atoms with Crippen molar-refractivity contribution in [3.8, 4) is 11.5 Å². The van der Waals surface area contributed by atoms with Crippen LogP contribution >= 0.6 is 0 Å². The van der Waals surface area contributed by atoms with Gasteiger partial charge in [-0.3, -0.25) is 14.5 Å². The molecule has 1 aliphatic rings. The molecule has 2 amide bonds. The third kappa shape index (κ3) is 3.51. The summed E-state index contributed by atoms with van der Waals surface area (Å²) in [7, 11) is 3.12. The summed E-state index contributed by atoms with van der Waals surface area (Å²) < 4.78 is 10.6. The Labute approximate surface area is 158 Å². The van der Waals surface area contributed by atoms with Crippen molar-refractivity contribution in [2.24, 2.45) is 0 Å². The third-order valence-electron chi connectivity index (χ3n) is 4.33. The van der Waals surface area contributed by atoms with Crippen molar-refractivity contribution in [2.75, 3.05) is 26.1 Å². The number of ether oxygens (including phenoxy) is 2. The molecule has 1 N–H and O–H groups in total. The number of anilines is 1. The summed E-state index contributed by atoms with van der Waals surface area (Å²) in [5.74, 6) is 0.529. The van der Waals surface area contributed by atoms with E-state index < -0.39 is 0 Å². The maximum absolute atomic E-state index is 13.0. The van der Waals surface area contributed by atoms with E-state index in [0.717, 1.165) is 0 Å². The number of methoxy groups -OCH3 is 2. The van der Waals surface area contributed by atoms with E-state index in [-0.39, 0.29) is 17.5 Å². The van der Waals surface area contributed by atoms with Crippen LogP contribution in [0.4, 0.5) is 5.69 Å². The first-order valence-corrected chi connectivity index (χ1v) is 8.75. The number of amides is 2. The van der Waals surface area contributed by atoms with E-state index in [2.05, 4.69) is 5.32 Å². The molecule has 1 aliphatic heterocycles. The lowest BCUT2D eigenvalue weighted by molar-refractivity contribution is -0.136. The van der Waals surface area contributed by atoms with Crippen LogP contribution < -0.4 is 14.8 Å². The Hall–Kier alpha value is -3.28. The number of hydrogen-bond acceptors (Lipinski definition) is 5. The van der Waals surface area contributed by atoms with Gasteiger partial charge in [0, 0.05) is 23.9 Å². The van der Waals surface area contributed by atoms with Crippen molar-refractivity contribution in [1.29, 1.82) is 0 Å². The molecule has 2 aromatic carbocycles. The molecule has 0 saturated heterocycles. The number of carbonyl (C=O) groups excluding carboxylic acids is 2. The molecule has 0 spiro atoms. The molecule has 0 radical (unpaired) electrons. The molecule has 0 atom stereocenters. The lowest BCUT2D eigenvalue weighted by Crippen LogP contribution is -2.33. The maximum atomic E-state index is 13.0. The van der Waals surface area contributed by atoms with Crippen LogP contribution in [-0.4, -0.2) is 37.5 Å². The predicted octanol–water partition coefficient (Wildman–Crippen LogP) is 3.31. The highest BCUT2D eigenvalue weighted by molar-refractivity contribution is 6.37. The summed E-state index contributed by atoms with van der Waals surface area (Å²) in [6, 6.07) is 14.4. The van der Waals surface area contributed by atoms with Crippen molar-refractivity contribution in [3.05, 3.63) is 59.8 Å². The molecule has 1 heterocycles. The van der Waals surface area contributed by atoms with Gasteiger partial charge in [0.05, 0.1) is 19.8 Å². The second-order valence-corrected chi connectivity index (χ2v) is 6.07. The van der Waals surface area contributed by atoms with Gasteiger partial charge >= 0.3 is 0 Å². The Morgan fingerprint density at radius 2 is 1.74 bits per heavy atom. The van der Waals surface area contributed by atoms with Crippen LogP contribution in [0.3, 0.4) is 0 Å². The molecular formula is C21H22N2O4. The summed E-state index contributed by atoms with van der Waals surface area (Å²) in [4.78, 5) is 27.3.